The Labute approximate surface area is 125 Å². The minimum absolute atomic E-state index is 0.0360. The number of amides is 1. The number of methoxy groups -OCH3 is 2. The summed E-state index contributed by atoms with van der Waals surface area (Å²) < 4.78 is 10.5. The number of rotatable bonds is 3. The zero-order valence-corrected chi connectivity index (χ0v) is 13.1. The summed E-state index contributed by atoms with van der Waals surface area (Å²) in [5.74, 6) is 1.14. The Morgan fingerprint density at radius 3 is 2.63 bits per heavy atom. The lowest BCUT2D eigenvalue weighted by Gasteiger charge is -2.31. The molecule has 1 aliphatic heterocycles. The molecule has 1 saturated heterocycles. The predicted molar refractivity (Wildman–Crippen MR) is 78.9 cm³/mol. The first-order valence-corrected chi connectivity index (χ1v) is 7.24. The van der Waals surface area contributed by atoms with Crippen LogP contribution in [0.5, 0.6) is 11.5 Å². The number of anilines is 1. The molecule has 1 fully saturated rings. The quantitative estimate of drug-likeness (QED) is 0.787. The third kappa shape index (κ3) is 2.82. The summed E-state index contributed by atoms with van der Waals surface area (Å²) in [6, 6.07) is 3.41. The fourth-order valence-corrected chi connectivity index (χ4v) is 2.93. The minimum atomic E-state index is -0.146. The highest BCUT2D eigenvalue weighted by Crippen LogP contribution is 2.39. The lowest BCUT2D eigenvalue weighted by molar-refractivity contribution is -0.118. The molecule has 4 nitrogen and oxygen atoms in total. The Kier molecular flexibility index (Phi) is 4.58. The molecule has 1 aromatic carbocycles. The molecule has 1 atom stereocenters. The number of ether oxygens (including phenoxy) is 2. The molecular weight excluding hydrogens is 334 g/mol. The van der Waals surface area contributed by atoms with E-state index in [0.717, 1.165) is 12.8 Å². The number of carbonyl (C=O) groups excluding carboxylic acids is 1. The van der Waals surface area contributed by atoms with Gasteiger partial charge in [0.2, 0.25) is 5.91 Å². The van der Waals surface area contributed by atoms with Gasteiger partial charge in [-0.1, -0.05) is 27.5 Å². The van der Waals surface area contributed by atoms with Crippen LogP contribution in [0, 0.1) is 0 Å². The van der Waals surface area contributed by atoms with Gasteiger partial charge in [0.25, 0.3) is 0 Å². The molecule has 1 unspecified atom stereocenters. The summed E-state index contributed by atoms with van der Waals surface area (Å²) in [5.41, 5.74) is 0.693. The van der Waals surface area contributed by atoms with E-state index in [0.29, 0.717) is 28.8 Å². The largest absolute Gasteiger partial charge is 0.495 e. The zero-order valence-electron chi connectivity index (χ0n) is 10.8. The van der Waals surface area contributed by atoms with E-state index < -0.39 is 0 Å². The van der Waals surface area contributed by atoms with Gasteiger partial charge >= 0.3 is 0 Å². The first-order valence-electron chi connectivity index (χ1n) is 5.95. The van der Waals surface area contributed by atoms with Crippen LogP contribution in [-0.2, 0) is 4.79 Å². The number of benzene rings is 1. The maximum atomic E-state index is 12.2. The van der Waals surface area contributed by atoms with Crippen molar-refractivity contribution in [3.63, 3.8) is 0 Å². The van der Waals surface area contributed by atoms with Gasteiger partial charge in [0.05, 0.1) is 29.8 Å². The van der Waals surface area contributed by atoms with Crippen LogP contribution in [0.1, 0.15) is 12.8 Å². The van der Waals surface area contributed by atoms with Gasteiger partial charge < -0.3 is 14.4 Å². The number of hydrogen-bond acceptors (Lipinski definition) is 3. The van der Waals surface area contributed by atoms with E-state index in [1.165, 1.54) is 0 Å². The number of alkyl halides is 1. The van der Waals surface area contributed by atoms with E-state index in [-0.39, 0.29) is 10.7 Å². The molecule has 0 aromatic heterocycles. The second-order valence-electron chi connectivity index (χ2n) is 4.26. The van der Waals surface area contributed by atoms with Gasteiger partial charge in [-0.2, -0.15) is 0 Å². The van der Waals surface area contributed by atoms with Crippen LogP contribution >= 0.6 is 27.5 Å². The molecule has 0 N–H and O–H groups in total. The van der Waals surface area contributed by atoms with E-state index in [4.69, 9.17) is 21.1 Å². The van der Waals surface area contributed by atoms with Crippen molar-refractivity contribution < 1.29 is 14.3 Å². The van der Waals surface area contributed by atoms with Crippen LogP contribution < -0.4 is 14.4 Å². The predicted octanol–water partition coefficient (Wildman–Crippen LogP) is 3.25. The Bertz CT molecular complexity index is 495. The molecule has 1 aromatic rings. The lowest BCUT2D eigenvalue weighted by atomic mass is 10.1. The summed E-state index contributed by atoms with van der Waals surface area (Å²) in [6.45, 7) is 0.669. The van der Waals surface area contributed by atoms with Crippen molar-refractivity contribution in [2.75, 3.05) is 25.7 Å². The van der Waals surface area contributed by atoms with Gasteiger partial charge in [0.15, 0.2) is 0 Å². The monoisotopic (exact) mass is 347 g/mol. The van der Waals surface area contributed by atoms with Crippen molar-refractivity contribution in [1.29, 1.82) is 0 Å². The second-order valence-corrected chi connectivity index (χ2v) is 5.77. The summed E-state index contributed by atoms with van der Waals surface area (Å²) in [7, 11) is 3.10. The summed E-state index contributed by atoms with van der Waals surface area (Å²) in [6.07, 6.45) is 1.79. The van der Waals surface area contributed by atoms with Crippen molar-refractivity contribution in [1.82, 2.24) is 0 Å². The third-order valence-electron chi connectivity index (χ3n) is 3.12. The Hall–Kier alpha value is -0.940. The highest BCUT2D eigenvalue weighted by atomic mass is 79.9. The number of halogens is 2. The average molecular weight is 349 g/mol. The standard InChI is InChI=1S/C13H15BrClNO3/c1-18-11-7-10(12(19-2)6-9(11)15)16-5-3-4-8(14)13(16)17/h6-8H,3-5H2,1-2H3. The van der Waals surface area contributed by atoms with Crippen LogP contribution in [0.4, 0.5) is 5.69 Å². The molecular formula is C13H15BrClNO3. The van der Waals surface area contributed by atoms with Gasteiger partial charge in [-0.15, -0.1) is 0 Å². The first-order chi connectivity index (χ1) is 9.08. The minimum Gasteiger partial charge on any atom is -0.495 e. The molecule has 2 rings (SSSR count). The SMILES string of the molecule is COc1cc(N2CCCC(Br)C2=O)c(OC)cc1Cl. The van der Waals surface area contributed by atoms with E-state index in [9.17, 15) is 4.79 Å². The first kappa shape index (κ1) is 14.5. The number of carbonyl (C=O) groups is 1. The zero-order chi connectivity index (χ0) is 14.0. The van der Waals surface area contributed by atoms with Crippen molar-refractivity contribution >= 4 is 39.1 Å². The summed E-state index contributed by atoms with van der Waals surface area (Å²) >= 11 is 9.47. The van der Waals surface area contributed by atoms with Gasteiger partial charge in [0.1, 0.15) is 11.5 Å². The molecule has 0 saturated carbocycles. The van der Waals surface area contributed by atoms with Crippen LogP contribution in [0.3, 0.4) is 0 Å². The van der Waals surface area contributed by atoms with Crippen molar-refractivity contribution in [3.8, 4) is 11.5 Å². The van der Waals surface area contributed by atoms with E-state index in [1.54, 1.807) is 31.3 Å². The topological polar surface area (TPSA) is 38.8 Å². The molecule has 0 radical (unpaired) electrons. The van der Waals surface area contributed by atoms with E-state index in [2.05, 4.69) is 15.9 Å². The molecule has 1 heterocycles. The molecule has 6 heteroatoms. The van der Waals surface area contributed by atoms with E-state index >= 15 is 0 Å². The number of nitrogens with zero attached hydrogens (tertiary/aromatic N) is 1. The fraction of sp³-hybridized carbons (Fsp3) is 0.462. The van der Waals surface area contributed by atoms with Gasteiger partial charge in [-0.25, -0.2) is 0 Å². The van der Waals surface area contributed by atoms with Crippen LogP contribution in [0.2, 0.25) is 5.02 Å². The van der Waals surface area contributed by atoms with Crippen molar-refractivity contribution in [2.45, 2.75) is 17.7 Å². The summed E-state index contributed by atoms with van der Waals surface area (Å²) in [4.78, 5) is 13.8. The third-order valence-corrected chi connectivity index (χ3v) is 4.26. The second kappa shape index (κ2) is 6.01. The van der Waals surface area contributed by atoms with Crippen LogP contribution in [-0.4, -0.2) is 31.5 Å². The van der Waals surface area contributed by atoms with Gasteiger partial charge in [0, 0.05) is 18.7 Å². The molecule has 1 amide bonds. The van der Waals surface area contributed by atoms with E-state index in [1.807, 2.05) is 0 Å². The number of hydrogen-bond donors (Lipinski definition) is 0. The van der Waals surface area contributed by atoms with Crippen LogP contribution in [0.25, 0.3) is 0 Å². The molecule has 0 bridgehead atoms. The van der Waals surface area contributed by atoms with Crippen molar-refractivity contribution in [3.05, 3.63) is 17.2 Å². The molecule has 0 aliphatic carbocycles. The smallest absolute Gasteiger partial charge is 0.240 e. The maximum absolute atomic E-state index is 12.2. The highest BCUT2D eigenvalue weighted by Gasteiger charge is 2.30. The Balaban J connectivity index is 2.45. The Morgan fingerprint density at radius 2 is 2.00 bits per heavy atom. The van der Waals surface area contributed by atoms with Crippen LogP contribution in [0.15, 0.2) is 12.1 Å². The lowest BCUT2D eigenvalue weighted by Crippen LogP contribution is -2.42. The Morgan fingerprint density at radius 1 is 1.32 bits per heavy atom. The van der Waals surface area contributed by atoms with Gasteiger partial charge in [-0.05, 0) is 12.8 Å². The average Bonchev–Trinajstić information content (AvgIpc) is 2.42. The summed E-state index contributed by atoms with van der Waals surface area (Å²) in [5, 5.41) is 0.461. The van der Waals surface area contributed by atoms with Gasteiger partial charge in [-0.3, -0.25) is 4.79 Å². The number of piperidine rings is 1. The fourth-order valence-electron chi connectivity index (χ4n) is 2.13. The maximum Gasteiger partial charge on any atom is 0.240 e. The molecule has 19 heavy (non-hydrogen) atoms. The van der Waals surface area contributed by atoms with Crippen molar-refractivity contribution in [2.24, 2.45) is 0 Å². The normalized spacial score (nSPS) is 19.5. The molecule has 104 valence electrons. The molecule has 0 spiro atoms. The highest BCUT2D eigenvalue weighted by molar-refractivity contribution is 9.10. The molecule has 1 aliphatic rings.